The molecule has 4 aromatic rings. The summed E-state index contributed by atoms with van der Waals surface area (Å²) in [7, 11) is 3.63. The van der Waals surface area contributed by atoms with Gasteiger partial charge >= 0.3 is 12.2 Å². The molecule has 0 bridgehead atoms. The number of hydrogen-bond acceptors (Lipinski definition) is 4. The number of nitrogens with zero attached hydrogens (tertiary/aromatic N) is 4. The van der Waals surface area contributed by atoms with Gasteiger partial charge in [0.05, 0.1) is 22.6 Å². The number of halogens is 3. The summed E-state index contributed by atoms with van der Waals surface area (Å²) in [5.41, 5.74) is 4.58. The second-order valence-corrected chi connectivity index (χ2v) is 10.5. The van der Waals surface area contributed by atoms with Crippen molar-refractivity contribution in [2.45, 2.75) is 19.0 Å². The molecule has 1 aromatic heterocycles. The smallest absolute Gasteiger partial charge is 0.359 e. The number of amides is 3. The van der Waals surface area contributed by atoms with Gasteiger partial charge in [0.2, 0.25) is 5.91 Å². The molecular weight excluding hydrogens is 557 g/mol. The van der Waals surface area contributed by atoms with Crippen LogP contribution < -0.4 is 10.6 Å². The Morgan fingerprint density at radius 3 is 2.00 bits per heavy atom. The zero-order valence-corrected chi connectivity index (χ0v) is 24.0. The van der Waals surface area contributed by atoms with Crippen LogP contribution in [-0.2, 0) is 17.4 Å². The van der Waals surface area contributed by atoms with Crippen LogP contribution in [0, 0.1) is 0 Å². The van der Waals surface area contributed by atoms with E-state index in [1.54, 1.807) is 16.6 Å². The van der Waals surface area contributed by atoms with Crippen LogP contribution in [0.1, 0.15) is 17.7 Å². The molecule has 0 unspecified atom stereocenters. The van der Waals surface area contributed by atoms with E-state index in [1.165, 1.54) is 12.1 Å². The molecule has 0 spiro atoms. The Morgan fingerprint density at radius 1 is 0.837 bits per heavy atom. The molecule has 0 saturated carbocycles. The van der Waals surface area contributed by atoms with Gasteiger partial charge in [-0.2, -0.15) is 18.3 Å². The predicted molar refractivity (Wildman–Crippen MR) is 160 cm³/mol. The summed E-state index contributed by atoms with van der Waals surface area (Å²) in [6.45, 7) is 3.02. The monoisotopic (exact) mass is 590 g/mol. The van der Waals surface area contributed by atoms with Crippen LogP contribution in [0.15, 0.2) is 78.9 Å². The lowest BCUT2D eigenvalue weighted by molar-refractivity contribution is -0.137. The molecule has 2 N–H and O–H groups in total. The molecular formula is C32H33F3N6O2. The molecule has 1 aliphatic heterocycles. The van der Waals surface area contributed by atoms with E-state index in [2.05, 4.69) is 15.5 Å². The van der Waals surface area contributed by atoms with Gasteiger partial charge in [-0.1, -0.05) is 36.4 Å². The highest BCUT2D eigenvalue weighted by Crippen LogP contribution is 2.32. The third kappa shape index (κ3) is 7.23. The maximum absolute atomic E-state index is 13.0. The molecule has 2 heterocycles. The van der Waals surface area contributed by atoms with Crippen molar-refractivity contribution >= 4 is 17.6 Å². The van der Waals surface area contributed by atoms with Crippen molar-refractivity contribution in [1.29, 1.82) is 0 Å². The van der Waals surface area contributed by atoms with Crippen molar-refractivity contribution in [3.05, 3.63) is 90.1 Å². The van der Waals surface area contributed by atoms with Crippen molar-refractivity contribution in [1.82, 2.24) is 24.9 Å². The average molecular weight is 591 g/mol. The van der Waals surface area contributed by atoms with Crippen LogP contribution in [0.25, 0.3) is 28.1 Å². The maximum atomic E-state index is 13.0. The minimum Gasteiger partial charge on any atom is -0.359 e. The summed E-state index contributed by atoms with van der Waals surface area (Å²) in [5, 5.41) is 10.4. The third-order valence-electron chi connectivity index (χ3n) is 7.53. The lowest BCUT2D eigenvalue weighted by Crippen LogP contribution is -2.48. The first kappa shape index (κ1) is 29.8. The number of piperazine rings is 1. The van der Waals surface area contributed by atoms with E-state index in [4.69, 9.17) is 5.10 Å². The molecule has 1 fully saturated rings. The Balaban J connectivity index is 1.38. The van der Waals surface area contributed by atoms with Gasteiger partial charge in [0, 0.05) is 57.3 Å². The van der Waals surface area contributed by atoms with Gasteiger partial charge in [-0.15, -0.1) is 0 Å². The number of hydrogen-bond donors (Lipinski definition) is 2. The topological polar surface area (TPSA) is 82.5 Å². The second kappa shape index (κ2) is 12.7. The lowest BCUT2D eigenvalue weighted by atomic mass is 10.0. The van der Waals surface area contributed by atoms with Gasteiger partial charge in [0.15, 0.2) is 0 Å². The number of benzene rings is 3. The number of likely N-dealkylation sites (N-methyl/N-ethyl adjacent to an activating group) is 1. The quantitative estimate of drug-likeness (QED) is 0.290. The van der Waals surface area contributed by atoms with Gasteiger partial charge in [-0.05, 0) is 60.6 Å². The number of aromatic nitrogens is 2. The standard InChI is InChI=1S/C32H33F3N6O2/c1-36-30(42)16-13-27-21-29(24-5-3-22(4-6-24)23-7-9-25(10-8-23)32(33,34)35)41(38-27)28-14-11-26(12-15-28)37-31(43)40-19-17-39(2)18-20-40/h3-12,14-15,21H,13,16-20H2,1-2H3,(H,36,42)(H,37,43). The first-order valence-electron chi connectivity index (χ1n) is 14.0. The number of carbonyl (C=O) groups is 2. The number of alkyl halides is 3. The van der Waals surface area contributed by atoms with Crippen LogP contribution in [0.4, 0.5) is 23.7 Å². The van der Waals surface area contributed by atoms with Gasteiger partial charge in [-0.3, -0.25) is 4.79 Å². The molecule has 0 aliphatic carbocycles. The van der Waals surface area contributed by atoms with E-state index in [0.29, 0.717) is 30.8 Å². The Kier molecular flexibility index (Phi) is 8.81. The highest BCUT2D eigenvalue weighted by molar-refractivity contribution is 5.89. The summed E-state index contributed by atoms with van der Waals surface area (Å²) < 4.78 is 40.7. The number of carbonyl (C=O) groups excluding carboxylic acids is 2. The molecule has 0 atom stereocenters. The van der Waals surface area contributed by atoms with E-state index >= 15 is 0 Å². The summed E-state index contributed by atoms with van der Waals surface area (Å²) in [5.74, 6) is -0.0857. The summed E-state index contributed by atoms with van der Waals surface area (Å²) in [6.07, 6.45) is -3.65. The first-order chi connectivity index (χ1) is 20.6. The molecule has 3 amide bonds. The van der Waals surface area contributed by atoms with E-state index in [-0.39, 0.29) is 18.4 Å². The normalized spacial score (nSPS) is 14.0. The zero-order valence-electron chi connectivity index (χ0n) is 24.0. The molecule has 11 heteroatoms. The van der Waals surface area contributed by atoms with Gasteiger partial charge in [0.1, 0.15) is 0 Å². The minimum atomic E-state index is -4.38. The van der Waals surface area contributed by atoms with Crippen LogP contribution in [0.5, 0.6) is 0 Å². The van der Waals surface area contributed by atoms with Crippen LogP contribution in [0.2, 0.25) is 0 Å². The molecule has 1 saturated heterocycles. The van der Waals surface area contributed by atoms with Gasteiger partial charge < -0.3 is 20.4 Å². The fraction of sp³-hybridized carbons (Fsp3) is 0.281. The van der Waals surface area contributed by atoms with E-state index in [0.717, 1.165) is 53.4 Å². The van der Waals surface area contributed by atoms with Crippen LogP contribution in [-0.4, -0.2) is 71.8 Å². The maximum Gasteiger partial charge on any atom is 0.416 e. The van der Waals surface area contributed by atoms with Crippen molar-refractivity contribution < 1.29 is 22.8 Å². The molecule has 224 valence electrons. The van der Waals surface area contributed by atoms with Crippen molar-refractivity contribution in [3.8, 4) is 28.1 Å². The van der Waals surface area contributed by atoms with E-state index in [9.17, 15) is 22.8 Å². The summed E-state index contributed by atoms with van der Waals surface area (Å²) >= 11 is 0. The highest BCUT2D eigenvalue weighted by atomic mass is 19.4. The Morgan fingerprint density at radius 2 is 1.42 bits per heavy atom. The Hall–Kier alpha value is -4.64. The van der Waals surface area contributed by atoms with Crippen LogP contribution >= 0.6 is 0 Å². The van der Waals surface area contributed by atoms with Crippen LogP contribution in [0.3, 0.4) is 0 Å². The summed E-state index contributed by atoms with van der Waals surface area (Å²) in [6, 6.07) is 21.8. The third-order valence-corrected chi connectivity index (χ3v) is 7.53. The van der Waals surface area contributed by atoms with Gasteiger partial charge in [0.25, 0.3) is 0 Å². The first-order valence-corrected chi connectivity index (χ1v) is 14.0. The van der Waals surface area contributed by atoms with Gasteiger partial charge in [-0.25, -0.2) is 9.48 Å². The Bertz CT molecular complexity index is 1560. The fourth-order valence-corrected chi connectivity index (χ4v) is 4.90. The number of nitrogens with one attached hydrogen (secondary N) is 2. The molecule has 1 aliphatic rings. The minimum absolute atomic E-state index is 0.0857. The average Bonchev–Trinajstić information content (AvgIpc) is 3.44. The largest absolute Gasteiger partial charge is 0.416 e. The van der Waals surface area contributed by atoms with E-state index in [1.807, 2.05) is 61.6 Å². The van der Waals surface area contributed by atoms with Crippen molar-refractivity contribution in [2.75, 3.05) is 45.6 Å². The number of rotatable bonds is 7. The van der Waals surface area contributed by atoms with Crippen molar-refractivity contribution in [3.63, 3.8) is 0 Å². The predicted octanol–water partition coefficient (Wildman–Crippen LogP) is 5.68. The number of aryl methyl sites for hydroxylation is 1. The number of urea groups is 1. The molecule has 5 rings (SSSR count). The fourth-order valence-electron chi connectivity index (χ4n) is 4.90. The molecule has 43 heavy (non-hydrogen) atoms. The number of anilines is 1. The zero-order chi connectivity index (χ0) is 30.6. The lowest BCUT2D eigenvalue weighted by Gasteiger charge is -2.32. The molecule has 0 radical (unpaired) electrons. The highest BCUT2D eigenvalue weighted by Gasteiger charge is 2.30. The Labute approximate surface area is 248 Å². The summed E-state index contributed by atoms with van der Waals surface area (Å²) in [4.78, 5) is 28.6. The van der Waals surface area contributed by atoms with Crippen molar-refractivity contribution in [2.24, 2.45) is 0 Å². The molecule has 8 nitrogen and oxygen atoms in total. The van der Waals surface area contributed by atoms with E-state index < -0.39 is 11.7 Å². The SMILES string of the molecule is CNC(=O)CCc1cc(-c2ccc(-c3ccc(C(F)(F)F)cc3)cc2)n(-c2ccc(NC(=O)N3CCN(C)CC3)cc2)n1. The molecule has 3 aromatic carbocycles. The second-order valence-electron chi connectivity index (χ2n) is 10.5.